The van der Waals surface area contributed by atoms with Crippen molar-refractivity contribution in [2.75, 3.05) is 0 Å². The molecular formula is C19H13BrN4OS. The van der Waals surface area contributed by atoms with Gasteiger partial charge in [0.2, 0.25) is 0 Å². The van der Waals surface area contributed by atoms with Gasteiger partial charge in [-0.05, 0) is 24.3 Å². The molecule has 2 aromatic heterocycles. The van der Waals surface area contributed by atoms with Crippen molar-refractivity contribution in [3.63, 3.8) is 0 Å². The smallest absolute Gasteiger partial charge is 0.271 e. The number of fused-ring (bicyclic) bond motifs is 1. The van der Waals surface area contributed by atoms with E-state index in [1.807, 2.05) is 58.4 Å². The van der Waals surface area contributed by atoms with E-state index in [-0.39, 0.29) is 5.91 Å². The molecule has 1 N–H and O–H groups in total. The quantitative estimate of drug-likeness (QED) is 0.384. The van der Waals surface area contributed by atoms with E-state index < -0.39 is 0 Å². The van der Waals surface area contributed by atoms with Gasteiger partial charge in [-0.2, -0.15) is 5.10 Å². The van der Waals surface area contributed by atoms with E-state index in [1.54, 1.807) is 29.7 Å². The predicted molar refractivity (Wildman–Crippen MR) is 108 cm³/mol. The monoisotopic (exact) mass is 424 g/mol. The molecule has 0 aliphatic carbocycles. The second-order valence-electron chi connectivity index (χ2n) is 5.47. The maximum absolute atomic E-state index is 12.1. The van der Waals surface area contributed by atoms with Gasteiger partial charge in [0.15, 0.2) is 4.96 Å². The van der Waals surface area contributed by atoms with E-state index >= 15 is 0 Å². The average molecular weight is 425 g/mol. The molecule has 0 spiro atoms. The molecule has 0 saturated carbocycles. The molecule has 0 aliphatic rings. The zero-order chi connectivity index (χ0) is 17.9. The number of benzene rings is 2. The van der Waals surface area contributed by atoms with Crippen LogP contribution < -0.4 is 5.43 Å². The number of hydrogen-bond donors (Lipinski definition) is 1. The molecule has 0 saturated heterocycles. The summed E-state index contributed by atoms with van der Waals surface area (Å²) in [4.78, 5) is 17.7. The largest absolute Gasteiger partial charge is 0.289 e. The highest BCUT2D eigenvalue weighted by molar-refractivity contribution is 9.10. The average Bonchev–Trinajstić information content (AvgIpc) is 3.25. The molecule has 0 unspecified atom stereocenters. The number of imidazole rings is 1. The number of carbonyl (C=O) groups is 1. The summed E-state index contributed by atoms with van der Waals surface area (Å²) in [5.74, 6) is -0.252. The zero-order valence-electron chi connectivity index (χ0n) is 13.5. The van der Waals surface area contributed by atoms with Gasteiger partial charge in [-0.25, -0.2) is 10.4 Å². The molecule has 0 fully saturated rings. The fourth-order valence-electron chi connectivity index (χ4n) is 2.55. The molecule has 5 nitrogen and oxygen atoms in total. The van der Waals surface area contributed by atoms with Gasteiger partial charge in [0.1, 0.15) is 0 Å². The van der Waals surface area contributed by atoms with Crippen LogP contribution in [0, 0.1) is 0 Å². The lowest BCUT2D eigenvalue weighted by atomic mass is 10.1. The van der Waals surface area contributed by atoms with E-state index in [2.05, 4.69) is 26.5 Å². The van der Waals surface area contributed by atoms with Gasteiger partial charge in [-0.1, -0.05) is 46.3 Å². The Morgan fingerprint density at radius 2 is 1.92 bits per heavy atom. The van der Waals surface area contributed by atoms with Crippen LogP contribution in [0.4, 0.5) is 0 Å². The number of rotatable bonds is 4. The molecule has 4 rings (SSSR count). The zero-order valence-corrected chi connectivity index (χ0v) is 15.9. The SMILES string of the molecule is O=C(N/N=C/c1c(-c2ccc(Br)cc2)nc2sccn12)c1ccccc1. The molecule has 2 aromatic carbocycles. The van der Waals surface area contributed by atoms with E-state index in [4.69, 9.17) is 4.98 Å². The number of hydrogen-bond acceptors (Lipinski definition) is 4. The Morgan fingerprint density at radius 3 is 2.69 bits per heavy atom. The first kappa shape index (κ1) is 16.7. The van der Waals surface area contributed by atoms with Crippen molar-refractivity contribution in [2.45, 2.75) is 0 Å². The maximum Gasteiger partial charge on any atom is 0.271 e. The second kappa shape index (κ2) is 7.23. The molecular weight excluding hydrogens is 412 g/mol. The third-order valence-corrected chi connectivity index (χ3v) is 5.09. The summed E-state index contributed by atoms with van der Waals surface area (Å²) in [5.41, 5.74) is 5.75. The molecule has 0 radical (unpaired) electrons. The van der Waals surface area contributed by atoms with Crippen LogP contribution in [0.5, 0.6) is 0 Å². The summed E-state index contributed by atoms with van der Waals surface area (Å²) in [7, 11) is 0. The first-order chi connectivity index (χ1) is 12.7. The van der Waals surface area contributed by atoms with Crippen molar-refractivity contribution in [2.24, 2.45) is 5.10 Å². The third-order valence-electron chi connectivity index (χ3n) is 3.81. The van der Waals surface area contributed by atoms with E-state index in [0.29, 0.717) is 5.56 Å². The van der Waals surface area contributed by atoms with E-state index in [1.165, 1.54) is 0 Å². The minimum atomic E-state index is -0.252. The minimum absolute atomic E-state index is 0.252. The Labute approximate surface area is 162 Å². The molecule has 1 amide bonds. The van der Waals surface area contributed by atoms with Gasteiger partial charge in [0.05, 0.1) is 17.6 Å². The van der Waals surface area contributed by atoms with Gasteiger partial charge in [0, 0.05) is 27.2 Å². The highest BCUT2D eigenvalue weighted by Gasteiger charge is 2.13. The fourth-order valence-corrected chi connectivity index (χ4v) is 3.54. The van der Waals surface area contributed by atoms with Crippen LogP contribution in [0.2, 0.25) is 0 Å². The minimum Gasteiger partial charge on any atom is -0.289 e. The number of aromatic nitrogens is 2. The van der Waals surface area contributed by atoms with Crippen molar-refractivity contribution < 1.29 is 4.79 Å². The summed E-state index contributed by atoms with van der Waals surface area (Å²) in [5, 5.41) is 6.10. The van der Waals surface area contributed by atoms with Gasteiger partial charge in [-0.3, -0.25) is 9.20 Å². The number of nitrogens with zero attached hydrogens (tertiary/aromatic N) is 3. The normalized spacial score (nSPS) is 11.3. The lowest BCUT2D eigenvalue weighted by molar-refractivity contribution is 0.0955. The molecule has 0 bridgehead atoms. The van der Waals surface area contributed by atoms with Crippen molar-refractivity contribution >= 4 is 44.3 Å². The Balaban J connectivity index is 1.65. The number of nitrogens with one attached hydrogen (secondary N) is 1. The van der Waals surface area contributed by atoms with Crippen molar-refractivity contribution in [1.29, 1.82) is 0 Å². The highest BCUT2D eigenvalue weighted by atomic mass is 79.9. The van der Waals surface area contributed by atoms with Gasteiger partial charge in [0.25, 0.3) is 5.91 Å². The topological polar surface area (TPSA) is 58.8 Å². The van der Waals surface area contributed by atoms with Gasteiger partial charge < -0.3 is 0 Å². The number of carbonyl (C=O) groups excluding carboxylic acids is 1. The molecule has 0 aliphatic heterocycles. The molecule has 26 heavy (non-hydrogen) atoms. The van der Waals surface area contributed by atoms with E-state index in [0.717, 1.165) is 26.4 Å². The van der Waals surface area contributed by atoms with Gasteiger partial charge >= 0.3 is 0 Å². The third kappa shape index (κ3) is 3.31. The fraction of sp³-hybridized carbons (Fsp3) is 0. The van der Waals surface area contributed by atoms with E-state index in [9.17, 15) is 4.79 Å². The maximum atomic E-state index is 12.1. The number of halogens is 1. The lowest BCUT2D eigenvalue weighted by Gasteiger charge is -2.01. The number of hydrazone groups is 1. The highest BCUT2D eigenvalue weighted by Crippen LogP contribution is 2.26. The van der Waals surface area contributed by atoms with Crippen LogP contribution in [0.1, 0.15) is 16.1 Å². The van der Waals surface area contributed by atoms with Crippen molar-refractivity contribution in [3.05, 3.63) is 81.9 Å². The predicted octanol–water partition coefficient (Wildman–Crippen LogP) is 4.59. The number of thiazole rings is 1. The second-order valence-corrected chi connectivity index (χ2v) is 7.26. The van der Waals surface area contributed by atoms with Crippen LogP contribution in [0.15, 0.2) is 75.7 Å². The Morgan fingerprint density at radius 1 is 1.15 bits per heavy atom. The van der Waals surface area contributed by atoms with Crippen LogP contribution in [0.3, 0.4) is 0 Å². The molecule has 7 heteroatoms. The van der Waals surface area contributed by atoms with Crippen molar-refractivity contribution in [1.82, 2.24) is 14.8 Å². The van der Waals surface area contributed by atoms with Crippen molar-refractivity contribution in [3.8, 4) is 11.3 Å². The summed E-state index contributed by atoms with van der Waals surface area (Å²) in [6, 6.07) is 16.9. The summed E-state index contributed by atoms with van der Waals surface area (Å²) in [6.07, 6.45) is 3.57. The first-order valence-corrected chi connectivity index (χ1v) is 9.49. The Hall–Kier alpha value is -2.77. The van der Waals surface area contributed by atoms with Gasteiger partial charge in [-0.15, -0.1) is 11.3 Å². The molecule has 0 atom stereocenters. The van der Waals surface area contributed by atoms with Crippen LogP contribution >= 0.6 is 27.3 Å². The Kier molecular flexibility index (Phi) is 4.64. The molecule has 2 heterocycles. The lowest BCUT2D eigenvalue weighted by Crippen LogP contribution is -2.17. The van der Waals surface area contributed by atoms with Crippen LogP contribution in [-0.4, -0.2) is 21.5 Å². The first-order valence-electron chi connectivity index (χ1n) is 7.82. The number of amides is 1. The molecule has 4 aromatic rings. The summed E-state index contributed by atoms with van der Waals surface area (Å²) >= 11 is 5.00. The molecule has 128 valence electrons. The van der Waals surface area contributed by atoms with Crippen LogP contribution in [-0.2, 0) is 0 Å². The summed E-state index contributed by atoms with van der Waals surface area (Å²) in [6.45, 7) is 0. The Bertz CT molecular complexity index is 1080. The standard InChI is InChI=1S/C19H13BrN4OS/c20-15-8-6-13(7-9-15)17-16(24-10-11-26-19(24)22-17)12-21-23-18(25)14-4-2-1-3-5-14/h1-12H,(H,23,25)/b21-12+. The van der Waals surface area contributed by atoms with Crippen LogP contribution in [0.25, 0.3) is 16.2 Å². The summed E-state index contributed by atoms with van der Waals surface area (Å²) < 4.78 is 2.97.